The van der Waals surface area contributed by atoms with Gasteiger partial charge in [-0.3, -0.25) is 0 Å². The van der Waals surface area contributed by atoms with Crippen molar-refractivity contribution < 1.29 is 46.1 Å². The molecule has 1 N–H and O–H groups in total. The molecule has 2 aromatic rings. The van der Waals surface area contributed by atoms with Gasteiger partial charge in [0.1, 0.15) is 17.1 Å². The molecule has 0 bridgehead atoms. The van der Waals surface area contributed by atoms with Gasteiger partial charge < -0.3 is 19.3 Å². The number of carboxylic acids is 1. The molecule has 0 aromatic heterocycles. The van der Waals surface area contributed by atoms with E-state index in [9.17, 15) is 31.9 Å². The summed E-state index contributed by atoms with van der Waals surface area (Å²) in [4.78, 5) is 11.3. The second kappa shape index (κ2) is 7.47. The van der Waals surface area contributed by atoms with E-state index in [1.165, 1.54) is 6.92 Å². The third kappa shape index (κ3) is 4.33. The Hall–Kier alpha value is -2.75. The van der Waals surface area contributed by atoms with Crippen LogP contribution in [0.1, 0.15) is 15.9 Å². The number of rotatable bonds is 5. The summed E-state index contributed by atoms with van der Waals surface area (Å²) in [5, 5.41) is 9.00. The van der Waals surface area contributed by atoms with Gasteiger partial charge in [0.25, 0.3) is 0 Å². The molecule has 0 heterocycles. The van der Waals surface area contributed by atoms with Crippen LogP contribution in [0.5, 0.6) is 23.0 Å². The summed E-state index contributed by atoms with van der Waals surface area (Å²) in [7, 11) is 0.934. The summed E-state index contributed by atoms with van der Waals surface area (Å²) in [6.07, 6.45) is -5.15. The quantitative estimate of drug-likeness (QED) is 0.673. The summed E-state index contributed by atoms with van der Waals surface area (Å²) in [6.45, 7) is 1.23. The Morgan fingerprint density at radius 2 is 1.70 bits per heavy atom. The van der Waals surface area contributed by atoms with Gasteiger partial charge in [0.05, 0.1) is 12.1 Å². The van der Waals surface area contributed by atoms with Crippen LogP contribution in [0, 0.1) is 18.6 Å². The Labute approximate surface area is 153 Å². The van der Waals surface area contributed by atoms with Gasteiger partial charge in [-0.15, -0.1) is 13.2 Å². The number of ether oxygens (including phenoxy) is 3. The second-order valence-corrected chi connectivity index (χ2v) is 5.44. The number of halogens is 6. The molecule has 0 atom stereocenters. The minimum Gasteiger partial charge on any atom is -0.490 e. The number of carbonyl (C=O) groups is 1. The van der Waals surface area contributed by atoms with E-state index >= 15 is 0 Å². The summed E-state index contributed by atoms with van der Waals surface area (Å²) in [6, 6.07) is 2.40. The first-order valence-corrected chi connectivity index (χ1v) is 7.36. The highest BCUT2D eigenvalue weighted by Gasteiger charge is 2.34. The molecular formula is C16H10ClF5O5. The first-order chi connectivity index (χ1) is 12.5. The Bertz CT molecular complexity index is 898. The summed E-state index contributed by atoms with van der Waals surface area (Å²) in [5.41, 5.74) is -1.05. The Kier molecular flexibility index (Phi) is 5.69. The van der Waals surface area contributed by atoms with Crippen LogP contribution in [0.25, 0.3) is 0 Å². The van der Waals surface area contributed by atoms with Crippen molar-refractivity contribution in [1.29, 1.82) is 0 Å². The first kappa shape index (κ1) is 20.6. The van der Waals surface area contributed by atoms with E-state index in [1.54, 1.807) is 0 Å². The zero-order valence-corrected chi connectivity index (χ0v) is 14.3. The standard InChI is InChI=1S/C16H10ClF5O5/c1-6-7(17)5-10(11(12(6)18)15(23)24)26-9-4-3-8(27-16(20,21)22)13(19)14(9)25-2/h3-5H,1-2H3,(H,23,24). The fourth-order valence-corrected chi connectivity index (χ4v) is 2.27. The van der Waals surface area contributed by atoms with Crippen LogP contribution in [0.4, 0.5) is 22.0 Å². The number of benzene rings is 2. The van der Waals surface area contributed by atoms with Gasteiger partial charge in [-0.25, -0.2) is 9.18 Å². The molecule has 0 radical (unpaired) electrons. The number of methoxy groups -OCH3 is 1. The van der Waals surface area contributed by atoms with E-state index in [0.29, 0.717) is 6.07 Å². The SMILES string of the molecule is COc1c(Oc2cc(Cl)c(C)c(F)c2C(=O)O)ccc(OC(F)(F)F)c1F. The van der Waals surface area contributed by atoms with Gasteiger partial charge in [0.15, 0.2) is 11.5 Å². The molecule has 0 aliphatic rings. The Morgan fingerprint density at radius 3 is 2.22 bits per heavy atom. The van der Waals surface area contributed by atoms with Gasteiger partial charge in [-0.2, -0.15) is 4.39 Å². The smallest absolute Gasteiger partial charge is 0.490 e. The largest absolute Gasteiger partial charge is 0.573 e. The lowest BCUT2D eigenvalue weighted by Crippen LogP contribution is -2.18. The molecule has 0 amide bonds. The lowest BCUT2D eigenvalue weighted by atomic mass is 10.1. The molecule has 0 aliphatic heterocycles. The fraction of sp³-hybridized carbons (Fsp3) is 0.188. The molecule has 0 saturated heterocycles. The van der Waals surface area contributed by atoms with Crippen LogP contribution in [0.3, 0.4) is 0 Å². The van der Waals surface area contributed by atoms with Gasteiger partial charge in [-0.05, 0) is 19.1 Å². The average molecular weight is 413 g/mol. The summed E-state index contributed by atoms with van der Waals surface area (Å²) in [5.74, 6) is -7.56. The average Bonchev–Trinajstić information content (AvgIpc) is 2.54. The highest BCUT2D eigenvalue weighted by atomic mass is 35.5. The van der Waals surface area contributed by atoms with E-state index in [1.807, 2.05) is 0 Å². The first-order valence-electron chi connectivity index (χ1n) is 6.98. The number of hydrogen-bond donors (Lipinski definition) is 1. The zero-order chi connectivity index (χ0) is 20.5. The maximum Gasteiger partial charge on any atom is 0.573 e. The van der Waals surface area contributed by atoms with Gasteiger partial charge >= 0.3 is 12.3 Å². The van der Waals surface area contributed by atoms with Crippen molar-refractivity contribution >= 4 is 17.6 Å². The van der Waals surface area contributed by atoms with Crippen LogP contribution in [-0.2, 0) is 0 Å². The highest BCUT2D eigenvalue weighted by molar-refractivity contribution is 6.31. The van der Waals surface area contributed by atoms with E-state index in [4.69, 9.17) is 16.3 Å². The third-order valence-electron chi connectivity index (χ3n) is 3.30. The minimum absolute atomic E-state index is 0.159. The van der Waals surface area contributed by atoms with Crippen molar-refractivity contribution in [2.24, 2.45) is 0 Å². The van der Waals surface area contributed by atoms with Crippen molar-refractivity contribution in [3.8, 4) is 23.0 Å². The lowest BCUT2D eigenvalue weighted by molar-refractivity contribution is -0.275. The predicted molar refractivity (Wildman–Crippen MR) is 82.8 cm³/mol. The van der Waals surface area contributed by atoms with Crippen molar-refractivity contribution in [2.75, 3.05) is 7.11 Å². The normalized spacial score (nSPS) is 11.3. The van der Waals surface area contributed by atoms with E-state index in [-0.39, 0.29) is 10.6 Å². The third-order valence-corrected chi connectivity index (χ3v) is 3.69. The molecule has 0 saturated carbocycles. The van der Waals surface area contributed by atoms with Gasteiger partial charge in [0.2, 0.25) is 11.6 Å². The van der Waals surface area contributed by atoms with Crippen LogP contribution >= 0.6 is 11.6 Å². The predicted octanol–water partition coefficient (Wildman–Crippen LogP) is 5.32. The monoisotopic (exact) mass is 412 g/mol. The second-order valence-electron chi connectivity index (χ2n) is 5.03. The van der Waals surface area contributed by atoms with Crippen molar-refractivity contribution in [3.05, 3.63) is 46.0 Å². The molecule has 0 fully saturated rings. The maximum atomic E-state index is 14.2. The molecule has 0 aliphatic carbocycles. The van der Waals surface area contributed by atoms with E-state index in [2.05, 4.69) is 9.47 Å². The van der Waals surface area contributed by atoms with Crippen LogP contribution < -0.4 is 14.2 Å². The molecule has 0 unspecified atom stereocenters. The molecule has 27 heavy (non-hydrogen) atoms. The van der Waals surface area contributed by atoms with Crippen LogP contribution in [-0.4, -0.2) is 24.5 Å². The lowest BCUT2D eigenvalue weighted by Gasteiger charge is -2.16. The number of carboxylic acid groups (broad SMARTS) is 1. The van der Waals surface area contributed by atoms with Crippen molar-refractivity contribution in [1.82, 2.24) is 0 Å². The van der Waals surface area contributed by atoms with E-state index < -0.39 is 52.5 Å². The highest BCUT2D eigenvalue weighted by Crippen LogP contribution is 2.42. The number of alkyl halides is 3. The van der Waals surface area contributed by atoms with Gasteiger partial charge in [0, 0.05) is 11.6 Å². The summed E-state index contributed by atoms with van der Waals surface area (Å²) < 4.78 is 78.6. The van der Waals surface area contributed by atoms with E-state index in [0.717, 1.165) is 19.2 Å². The molecule has 2 aromatic carbocycles. The van der Waals surface area contributed by atoms with Crippen molar-refractivity contribution in [2.45, 2.75) is 13.3 Å². The molecule has 0 spiro atoms. The molecule has 2 rings (SSSR count). The van der Waals surface area contributed by atoms with Gasteiger partial charge in [-0.1, -0.05) is 11.6 Å². The summed E-state index contributed by atoms with van der Waals surface area (Å²) >= 11 is 5.80. The minimum atomic E-state index is -5.15. The topological polar surface area (TPSA) is 65.0 Å². The number of aromatic carboxylic acids is 1. The Morgan fingerprint density at radius 1 is 1.11 bits per heavy atom. The molecule has 5 nitrogen and oxygen atoms in total. The molecule has 11 heteroatoms. The van der Waals surface area contributed by atoms with Crippen LogP contribution in [0.15, 0.2) is 18.2 Å². The zero-order valence-electron chi connectivity index (χ0n) is 13.6. The molecular weight excluding hydrogens is 403 g/mol. The fourth-order valence-electron chi connectivity index (χ4n) is 2.09. The van der Waals surface area contributed by atoms with Crippen molar-refractivity contribution in [3.63, 3.8) is 0 Å². The molecule has 146 valence electrons. The maximum absolute atomic E-state index is 14.2. The Balaban J connectivity index is 2.56. The number of hydrogen-bond acceptors (Lipinski definition) is 4. The van der Waals surface area contributed by atoms with Crippen LogP contribution in [0.2, 0.25) is 5.02 Å².